The van der Waals surface area contributed by atoms with Crippen molar-refractivity contribution in [1.29, 1.82) is 0 Å². The third kappa shape index (κ3) is 3.52. The molecule has 0 amide bonds. The molecule has 3 aromatic carbocycles. The smallest absolute Gasteiger partial charge is 0.258 e. The summed E-state index contributed by atoms with van der Waals surface area (Å²) in [5.74, 6) is 0. The molecule has 0 fully saturated rings. The lowest BCUT2D eigenvalue weighted by Crippen LogP contribution is -2.26. The van der Waals surface area contributed by atoms with Gasteiger partial charge in [-0.25, -0.2) is 8.42 Å². The number of sulfonamides is 1. The van der Waals surface area contributed by atoms with Gasteiger partial charge in [-0.1, -0.05) is 42.5 Å². The van der Waals surface area contributed by atoms with Crippen LogP contribution in [0.1, 0.15) is 5.56 Å². The minimum absolute atomic E-state index is 0.0524. The van der Waals surface area contributed by atoms with Crippen LogP contribution in [0.15, 0.2) is 71.6 Å². The SMILES string of the molecule is CN(Cc1cccc([N+](=O)[O-])c1)S(=O)(=O)c1ccc2ccccc2c1. The lowest BCUT2D eigenvalue weighted by molar-refractivity contribution is -0.384. The van der Waals surface area contributed by atoms with E-state index in [1.807, 2.05) is 24.3 Å². The van der Waals surface area contributed by atoms with Crippen LogP contribution in [0.25, 0.3) is 10.8 Å². The summed E-state index contributed by atoms with van der Waals surface area (Å²) in [5.41, 5.74) is 0.495. The van der Waals surface area contributed by atoms with Crippen molar-refractivity contribution in [1.82, 2.24) is 4.31 Å². The minimum atomic E-state index is -3.70. The number of nitro groups is 1. The Bertz CT molecular complexity index is 1050. The lowest BCUT2D eigenvalue weighted by Gasteiger charge is -2.17. The third-order valence-corrected chi connectivity index (χ3v) is 5.76. The van der Waals surface area contributed by atoms with E-state index in [-0.39, 0.29) is 17.1 Å². The summed E-state index contributed by atoms with van der Waals surface area (Å²) in [7, 11) is -2.24. The average Bonchev–Trinajstić information content (AvgIpc) is 2.61. The number of fused-ring (bicyclic) bond motifs is 1. The summed E-state index contributed by atoms with van der Waals surface area (Å²) in [5, 5.41) is 12.7. The summed E-state index contributed by atoms with van der Waals surface area (Å²) in [6.45, 7) is 0.0524. The molecular weight excluding hydrogens is 340 g/mol. The first-order chi connectivity index (χ1) is 11.9. The monoisotopic (exact) mass is 356 g/mol. The highest BCUT2D eigenvalue weighted by Gasteiger charge is 2.21. The molecule has 0 radical (unpaired) electrons. The molecule has 25 heavy (non-hydrogen) atoms. The quantitative estimate of drug-likeness (QED) is 0.517. The van der Waals surface area contributed by atoms with Crippen LogP contribution in [0.4, 0.5) is 5.69 Å². The Hall–Kier alpha value is -2.77. The molecule has 6 nitrogen and oxygen atoms in total. The highest BCUT2D eigenvalue weighted by Crippen LogP contribution is 2.23. The molecule has 0 aliphatic carbocycles. The van der Waals surface area contributed by atoms with Crippen molar-refractivity contribution >= 4 is 26.5 Å². The Morgan fingerprint density at radius 3 is 2.40 bits per heavy atom. The van der Waals surface area contributed by atoms with E-state index < -0.39 is 14.9 Å². The summed E-state index contributed by atoms with van der Waals surface area (Å²) in [6.07, 6.45) is 0. The van der Waals surface area contributed by atoms with Crippen molar-refractivity contribution in [3.05, 3.63) is 82.4 Å². The largest absolute Gasteiger partial charge is 0.269 e. The topological polar surface area (TPSA) is 80.5 Å². The number of nitro benzene ring substituents is 1. The maximum atomic E-state index is 12.8. The molecule has 0 aliphatic rings. The van der Waals surface area contributed by atoms with Crippen molar-refractivity contribution in [3.8, 4) is 0 Å². The van der Waals surface area contributed by atoms with Crippen LogP contribution in [0.2, 0.25) is 0 Å². The molecule has 0 saturated heterocycles. The summed E-state index contributed by atoms with van der Waals surface area (Å²) >= 11 is 0. The van der Waals surface area contributed by atoms with Crippen LogP contribution >= 0.6 is 0 Å². The Labute approximate surface area is 145 Å². The van der Waals surface area contributed by atoms with E-state index in [0.29, 0.717) is 5.56 Å². The zero-order valence-electron chi connectivity index (χ0n) is 13.5. The van der Waals surface area contributed by atoms with Crippen molar-refractivity contribution in [3.63, 3.8) is 0 Å². The maximum Gasteiger partial charge on any atom is 0.269 e. The molecule has 3 aromatic rings. The fraction of sp³-hybridized carbons (Fsp3) is 0.111. The zero-order chi connectivity index (χ0) is 18.0. The molecule has 128 valence electrons. The molecule has 0 atom stereocenters. The van der Waals surface area contributed by atoms with Crippen molar-refractivity contribution in [2.24, 2.45) is 0 Å². The molecule has 0 aliphatic heterocycles. The second-order valence-corrected chi connectivity index (χ2v) is 7.74. The molecule has 0 bridgehead atoms. The van der Waals surface area contributed by atoms with Gasteiger partial charge in [-0.15, -0.1) is 0 Å². The van der Waals surface area contributed by atoms with Crippen molar-refractivity contribution in [2.45, 2.75) is 11.4 Å². The standard InChI is InChI=1S/C18H16N2O4S/c1-19(13-14-5-4-8-17(11-14)20(21)22)25(23,24)18-10-9-15-6-2-3-7-16(15)12-18/h2-12H,13H2,1H3. The average molecular weight is 356 g/mol. The highest BCUT2D eigenvalue weighted by molar-refractivity contribution is 7.89. The fourth-order valence-corrected chi connectivity index (χ4v) is 3.81. The van der Waals surface area contributed by atoms with Crippen LogP contribution in [0.3, 0.4) is 0 Å². The van der Waals surface area contributed by atoms with Gasteiger partial charge >= 0.3 is 0 Å². The lowest BCUT2D eigenvalue weighted by atomic mass is 10.1. The van der Waals surface area contributed by atoms with Gasteiger partial charge in [0.25, 0.3) is 5.69 Å². The van der Waals surface area contributed by atoms with Gasteiger partial charge in [0.1, 0.15) is 0 Å². The predicted molar refractivity (Wildman–Crippen MR) is 95.7 cm³/mol. The van der Waals surface area contributed by atoms with Gasteiger partial charge < -0.3 is 0 Å². The van der Waals surface area contributed by atoms with Gasteiger partial charge in [-0.05, 0) is 28.5 Å². The Morgan fingerprint density at radius 1 is 0.960 bits per heavy atom. The van der Waals surface area contributed by atoms with E-state index in [2.05, 4.69) is 0 Å². The van der Waals surface area contributed by atoms with E-state index >= 15 is 0 Å². The molecular formula is C18H16N2O4S. The normalized spacial score (nSPS) is 11.8. The predicted octanol–water partition coefficient (Wildman–Crippen LogP) is 3.57. The Morgan fingerprint density at radius 2 is 1.68 bits per heavy atom. The second kappa shape index (κ2) is 6.62. The third-order valence-electron chi connectivity index (χ3n) is 3.96. The van der Waals surface area contributed by atoms with E-state index in [4.69, 9.17) is 0 Å². The summed E-state index contributed by atoms with van der Waals surface area (Å²) < 4.78 is 26.8. The first-order valence-corrected chi connectivity index (χ1v) is 9.00. The van der Waals surface area contributed by atoms with Crippen LogP contribution in [0.5, 0.6) is 0 Å². The van der Waals surface area contributed by atoms with Gasteiger partial charge in [-0.2, -0.15) is 4.31 Å². The van der Waals surface area contributed by atoms with Crippen LogP contribution in [-0.4, -0.2) is 24.7 Å². The van der Waals surface area contributed by atoms with Gasteiger partial charge in [0.05, 0.1) is 9.82 Å². The number of benzene rings is 3. The van der Waals surface area contributed by atoms with Crippen molar-refractivity contribution < 1.29 is 13.3 Å². The van der Waals surface area contributed by atoms with Crippen molar-refractivity contribution in [2.75, 3.05) is 7.05 Å². The number of rotatable bonds is 5. The minimum Gasteiger partial charge on any atom is -0.258 e. The fourth-order valence-electron chi connectivity index (χ4n) is 2.62. The Kier molecular flexibility index (Phi) is 4.52. The molecule has 0 saturated carbocycles. The van der Waals surface area contributed by atoms with Gasteiger partial charge in [0, 0.05) is 25.7 Å². The van der Waals surface area contributed by atoms with Gasteiger partial charge in [0.15, 0.2) is 0 Å². The number of nitrogens with zero attached hydrogens (tertiary/aromatic N) is 2. The first kappa shape index (κ1) is 17.1. The molecule has 0 spiro atoms. The molecule has 0 N–H and O–H groups in total. The molecule has 0 unspecified atom stereocenters. The van der Waals surface area contributed by atoms with Crippen LogP contribution in [0, 0.1) is 10.1 Å². The number of non-ortho nitro benzene ring substituents is 1. The molecule has 3 rings (SSSR count). The number of hydrogen-bond acceptors (Lipinski definition) is 4. The van der Waals surface area contributed by atoms with Gasteiger partial charge in [-0.3, -0.25) is 10.1 Å². The van der Waals surface area contributed by atoms with E-state index in [9.17, 15) is 18.5 Å². The second-order valence-electron chi connectivity index (χ2n) is 5.70. The van der Waals surface area contributed by atoms with Crippen LogP contribution < -0.4 is 0 Å². The maximum absolute atomic E-state index is 12.8. The van der Waals surface area contributed by atoms with E-state index in [1.165, 1.54) is 23.5 Å². The summed E-state index contributed by atoms with van der Waals surface area (Å²) in [6, 6.07) is 18.5. The Balaban J connectivity index is 1.90. The molecule has 0 aromatic heterocycles. The molecule has 7 heteroatoms. The zero-order valence-corrected chi connectivity index (χ0v) is 14.3. The molecule has 0 heterocycles. The number of hydrogen-bond donors (Lipinski definition) is 0. The van der Waals surface area contributed by atoms with Crippen LogP contribution in [-0.2, 0) is 16.6 Å². The summed E-state index contributed by atoms with van der Waals surface area (Å²) in [4.78, 5) is 10.6. The van der Waals surface area contributed by atoms with E-state index in [0.717, 1.165) is 10.8 Å². The van der Waals surface area contributed by atoms with E-state index in [1.54, 1.807) is 30.3 Å². The first-order valence-electron chi connectivity index (χ1n) is 7.56. The van der Waals surface area contributed by atoms with Gasteiger partial charge in [0.2, 0.25) is 10.0 Å². The highest BCUT2D eigenvalue weighted by atomic mass is 32.2.